The quantitative estimate of drug-likeness (QED) is 0.545. The Kier molecular flexibility index (Phi) is 7.76. The average Bonchev–Trinajstić information content (AvgIpc) is 2.89. The third kappa shape index (κ3) is 5.54. The topological polar surface area (TPSA) is 60.9 Å². The first kappa shape index (κ1) is 23.7. The average molecular weight is 457 g/mol. The van der Waals surface area contributed by atoms with E-state index in [1.54, 1.807) is 4.90 Å². The number of carboxylic acids is 1. The molecule has 3 aromatic rings. The smallest absolute Gasteiger partial charge is 0.326 e. The zero-order valence-corrected chi connectivity index (χ0v) is 19.6. The number of likely N-dealkylation sites (N-methyl/N-ethyl adjacent to an activating group) is 1. The SMILES string of the molecule is CN(CCc1ccccc1)C1CCN(C(=O)C(c2ccccc2)c2ccccc2)C(C(=O)O)C1. The van der Waals surface area contributed by atoms with Gasteiger partial charge in [-0.2, -0.15) is 0 Å². The molecule has 1 saturated heterocycles. The van der Waals surface area contributed by atoms with Gasteiger partial charge < -0.3 is 14.9 Å². The Balaban J connectivity index is 1.50. The summed E-state index contributed by atoms with van der Waals surface area (Å²) in [5, 5.41) is 10.1. The van der Waals surface area contributed by atoms with Gasteiger partial charge in [-0.05, 0) is 43.0 Å². The van der Waals surface area contributed by atoms with E-state index in [2.05, 4.69) is 24.1 Å². The first-order valence-electron chi connectivity index (χ1n) is 11.9. The third-order valence-electron chi connectivity index (χ3n) is 6.88. The Hall–Kier alpha value is -3.44. The molecule has 0 aliphatic carbocycles. The summed E-state index contributed by atoms with van der Waals surface area (Å²) >= 11 is 0. The summed E-state index contributed by atoms with van der Waals surface area (Å²) in [5.74, 6) is -1.60. The number of rotatable bonds is 8. The number of carbonyl (C=O) groups excluding carboxylic acids is 1. The van der Waals surface area contributed by atoms with E-state index in [0.717, 1.165) is 30.5 Å². The molecule has 2 unspecified atom stereocenters. The molecule has 0 aromatic heterocycles. The van der Waals surface area contributed by atoms with Crippen LogP contribution in [0.3, 0.4) is 0 Å². The van der Waals surface area contributed by atoms with E-state index in [4.69, 9.17) is 0 Å². The lowest BCUT2D eigenvalue weighted by atomic mass is 9.87. The van der Waals surface area contributed by atoms with Crippen LogP contribution >= 0.6 is 0 Å². The second kappa shape index (κ2) is 11.1. The predicted octanol–water partition coefficient (Wildman–Crippen LogP) is 4.44. The van der Waals surface area contributed by atoms with Gasteiger partial charge in [0.05, 0.1) is 5.92 Å². The van der Waals surface area contributed by atoms with Gasteiger partial charge in [0, 0.05) is 19.1 Å². The van der Waals surface area contributed by atoms with Crippen LogP contribution in [0.25, 0.3) is 0 Å². The molecule has 1 N–H and O–H groups in total. The maximum absolute atomic E-state index is 13.9. The summed E-state index contributed by atoms with van der Waals surface area (Å²) in [6.07, 6.45) is 2.11. The molecule has 0 saturated carbocycles. The van der Waals surface area contributed by atoms with Crippen molar-refractivity contribution < 1.29 is 14.7 Å². The molecule has 0 radical (unpaired) electrons. The molecule has 0 bridgehead atoms. The lowest BCUT2D eigenvalue weighted by molar-refractivity contribution is -0.153. The lowest BCUT2D eigenvalue weighted by Gasteiger charge is -2.42. The Labute approximate surface area is 201 Å². The van der Waals surface area contributed by atoms with Crippen molar-refractivity contribution in [3.8, 4) is 0 Å². The highest BCUT2D eigenvalue weighted by molar-refractivity contribution is 5.91. The maximum atomic E-state index is 13.9. The second-order valence-corrected chi connectivity index (χ2v) is 9.03. The number of hydrogen-bond donors (Lipinski definition) is 1. The van der Waals surface area contributed by atoms with Gasteiger partial charge in [0.2, 0.25) is 5.91 Å². The number of aliphatic carboxylic acids is 1. The number of amides is 1. The summed E-state index contributed by atoms with van der Waals surface area (Å²) in [6.45, 7) is 1.29. The minimum absolute atomic E-state index is 0.126. The normalized spacial score (nSPS) is 18.3. The number of carboxylic acid groups (broad SMARTS) is 1. The van der Waals surface area contributed by atoms with Crippen molar-refractivity contribution in [2.24, 2.45) is 0 Å². The number of hydrogen-bond acceptors (Lipinski definition) is 3. The number of piperidine rings is 1. The van der Waals surface area contributed by atoms with Crippen LogP contribution in [0.15, 0.2) is 91.0 Å². The fourth-order valence-corrected chi connectivity index (χ4v) is 4.91. The van der Waals surface area contributed by atoms with Crippen LogP contribution in [0.2, 0.25) is 0 Å². The minimum Gasteiger partial charge on any atom is -0.480 e. The molecule has 176 valence electrons. The summed E-state index contributed by atoms with van der Waals surface area (Å²) in [7, 11) is 2.06. The molecule has 3 aromatic carbocycles. The van der Waals surface area contributed by atoms with Crippen LogP contribution in [0.4, 0.5) is 0 Å². The van der Waals surface area contributed by atoms with E-state index >= 15 is 0 Å². The molecule has 5 heteroatoms. The first-order chi connectivity index (χ1) is 16.5. The van der Waals surface area contributed by atoms with Gasteiger partial charge in [-0.1, -0.05) is 91.0 Å². The molecule has 34 heavy (non-hydrogen) atoms. The van der Waals surface area contributed by atoms with Crippen molar-refractivity contribution in [1.29, 1.82) is 0 Å². The Bertz CT molecular complexity index is 1030. The Morgan fingerprint density at radius 1 is 0.912 bits per heavy atom. The third-order valence-corrected chi connectivity index (χ3v) is 6.88. The summed E-state index contributed by atoms with van der Waals surface area (Å²) in [6, 6.07) is 28.9. The van der Waals surface area contributed by atoms with Gasteiger partial charge in [-0.15, -0.1) is 0 Å². The van der Waals surface area contributed by atoms with E-state index in [1.807, 2.05) is 78.9 Å². The van der Waals surface area contributed by atoms with Gasteiger partial charge in [-0.25, -0.2) is 4.79 Å². The van der Waals surface area contributed by atoms with E-state index in [1.165, 1.54) is 5.56 Å². The number of benzene rings is 3. The highest BCUT2D eigenvalue weighted by atomic mass is 16.4. The minimum atomic E-state index is -0.936. The van der Waals surface area contributed by atoms with E-state index in [-0.39, 0.29) is 11.9 Å². The van der Waals surface area contributed by atoms with Crippen LogP contribution in [-0.4, -0.2) is 59.0 Å². The first-order valence-corrected chi connectivity index (χ1v) is 11.9. The zero-order chi connectivity index (χ0) is 23.9. The van der Waals surface area contributed by atoms with Crippen molar-refractivity contribution in [3.05, 3.63) is 108 Å². The fraction of sp³-hybridized carbons (Fsp3) is 0.310. The highest BCUT2D eigenvalue weighted by Gasteiger charge is 2.40. The van der Waals surface area contributed by atoms with E-state index < -0.39 is 17.9 Å². The van der Waals surface area contributed by atoms with Crippen molar-refractivity contribution in [3.63, 3.8) is 0 Å². The molecule has 1 aliphatic rings. The Morgan fingerprint density at radius 2 is 1.44 bits per heavy atom. The molecular weight excluding hydrogens is 424 g/mol. The van der Waals surface area contributed by atoms with Crippen LogP contribution in [-0.2, 0) is 16.0 Å². The van der Waals surface area contributed by atoms with Gasteiger partial charge >= 0.3 is 5.97 Å². The molecule has 5 nitrogen and oxygen atoms in total. The van der Waals surface area contributed by atoms with Gasteiger partial charge in [0.15, 0.2) is 0 Å². The van der Waals surface area contributed by atoms with Gasteiger partial charge in [0.25, 0.3) is 0 Å². The summed E-state index contributed by atoms with van der Waals surface area (Å²) in [5.41, 5.74) is 3.03. The number of likely N-dealkylation sites (tertiary alicyclic amines) is 1. The molecule has 4 rings (SSSR count). The molecule has 1 amide bonds. The fourth-order valence-electron chi connectivity index (χ4n) is 4.91. The van der Waals surface area contributed by atoms with Crippen molar-refractivity contribution >= 4 is 11.9 Å². The molecule has 2 atom stereocenters. The molecule has 0 spiro atoms. The van der Waals surface area contributed by atoms with Crippen molar-refractivity contribution in [2.45, 2.75) is 37.3 Å². The molecule has 1 fully saturated rings. The lowest BCUT2D eigenvalue weighted by Crippen LogP contribution is -2.55. The molecular formula is C29H32N2O3. The molecule has 1 heterocycles. The van der Waals surface area contributed by atoms with Crippen LogP contribution in [0.5, 0.6) is 0 Å². The highest BCUT2D eigenvalue weighted by Crippen LogP contribution is 2.31. The van der Waals surface area contributed by atoms with E-state index in [0.29, 0.717) is 13.0 Å². The van der Waals surface area contributed by atoms with Gasteiger partial charge in [-0.3, -0.25) is 4.79 Å². The maximum Gasteiger partial charge on any atom is 0.326 e. The van der Waals surface area contributed by atoms with E-state index in [9.17, 15) is 14.7 Å². The standard InChI is InChI=1S/C29H32N2O3/c1-30(19-17-22-11-5-2-6-12-22)25-18-20-31(26(21-25)29(33)34)28(32)27(23-13-7-3-8-14-23)24-15-9-4-10-16-24/h2-16,25-27H,17-21H2,1H3,(H,33,34). The predicted molar refractivity (Wildman–Crippen MR) is 134 cm³/mol. The number of nitrogens with zero attached hydrogens (tertiary/aromatic N) is 2. The number of carbonyl (C=O) groups is 2. The van der Waals surface area contributed by atoms with Crippen LogP contribution in [0, 0.1) is 0 Å². The largest absolute Gasteiger partial charge is 0.480 e. The van der Waals surface area contributed by atoms with Gasteiger partial charge in [0.1, 0.15) is 6.04 Å². The molecule has 1 aliphatic heterocycles. The second-order valence-electron chi connectivity index (χ2n) is 9.03. The van der Waals surface area contributed by atoms with Crippen LogP contribution in [0.1, 0.15) is 35.4 Å². The summed E-state index contributed by atoms with van der Waals surface area (Å²) in [4.78, 5) is 30.0. The Morgan fingerprint density at radius 3 is 1.97 bits per heavy atom. The van der Waals surface area contributed by atoms with Crippen molar-refractivity contribution in [2.75, 3.05) is 20.1 Å². The zero-order valence-electron chi connectivity index (χ0n) is 19.6. The van der Waals surface area contributed by atoms with Crippen LogP contribution < -0.4 is 0 Å². The van der Waals surface area contributed by atoms with Crippen molar-refractivity contribution in [1.82, 2.24) is 9.80 Å². The monoisotopic (exact) mass is 456 g/mol. The summed E-state index contributed by atoms with van der Waals surface area (Å²) < 4.78 is 0.